The van der Waals surface area contributed by atoms with E-state index in [4.69, 9.17) is 5.11 Å². The Kier molecular flexibility index (Phi) is 5.34. The van der Waals surface area contributed by atoms with Crippen LogP contribution in [0.4, 0.5) is 4.79 Å². The molecule has 1 aromatic rings. The number of rotatable bonds is 6. The van der Waals surface area contributed by atoms with Gasteiger partial charge in [0.15, 0.2) is 0 Å². The van der Waals surface area contributed by atoms with Gasteiger partial charge in [0.1, 0.15) is 12.6 Å². The first-order chi connectivity index (χ1) is 9.02. The Hall–Kier alpha value is -2.57. The molecule has 1 amide bonds. The van der Waals surface area contributed by atoms with E-state index in [1.54, 1.807) is 6.07 Å². The van der Waals surface area contributed by atoms with Gasteiger partial charge < -0.3 is 20.1 Å². The van der Waals surface area contributed by atoms with Crippen LogP contribution in [-0.4, -0.2) is 34.8 Å². The van der Waals surface area contributed by atoms with Crippen molar-refractivity contribution in [1.82, 2.24) is 10.3 Å². The van der Waals surface area contributed by atoms with Crippen molar-refractivity contribution < 1.29 is 19.4 Å². The van der Waals surface area contributed by atoms with E-state index in [-0.39, 0.29) is 18.6 Å². The van der Waals surface area contributed by atoms with E-state index in [1.165, 1.54) is 18.3 Å². The molecule has 102 valence electrons. The molecule has 1 atom stereocenters. The summed E-state index contributed by atoms with van der Waals surface area (Å²) in [4.78, 5) is 35.8. The van der Waals surface area contributed by atoms with Crippen molar-refractivity contribution in [2.45, 2.75) is 12.5 Å². The minimum absolute atomic E-state index is 0.0107. The van der Waals surface area contributed by atoms with Gasteiger partial charge in [-0.15, -0.1) is 0 Å². The van der Waals surface area contributed by atoms with Crippen LogP contribution in [0.5, 0.6) is 0 Å². The molecule has 1 heterocycles. The Labute approximate surface area is 108 Å². The number of alkyl carbamates (subject to hydrolysis) is 1. The molecule has 0 fully saturated rings. The number of nitrogens with one attached hydrogen (secondary N) is 2. The third kappa shape index (κ3) is 5.07. The van der Waals surface area contributed by atoms with Crippen LogP contribution < -0.4 is 10.9 Å². The number of pyridine rings is 1. The van der Waals surface area contributed by atoms with Crippen molar-refractivity contribution in [3.05, 3.63) is 46.9 Å². The van der Waals surface area contributed by atoms with Crippen LogP contribution in [0, 0.1) is 0 Å². The predicted molar refractivity (Wildman–Crippen MR) is 66.9 cm³/mol. The van der Waals surface area contributed by atoms with Crippen molar-refractivity contribution in [2.24, 2.45) is 0 Å². The van der Waals surface area contributed by atoms with Gasteiger partial charge in [0, 0.05) is 18.7 Å². The summed E-state index contributed by atoms with van der Waals surface area (Å²) in [6, 6.07) is 1.67. The topological polar surface area (TPSA) is 108 Å². The number of aromatic amines is 1. The minimum Gasteiger partial charge on any atom is -0.480 e. The second-order valence-electron chi connectivity index (χ2n) is 3.69. The summed E-state index contributed by atoms with van der Waals surface area (Å²) in [5, 5.41) is 11.2. The smallest absolute Gasteiger partial charge is 0.408 e. The minimum atomic E-state index is -1.21. The molecule has 7 heteroatoms. The number of carbonyl (C=O) groups excluding carboxylic acids is 1. The zero-order chi connectivity index (χ0) is 14.3. The molecular formula is C12H14N2O5. The van der Waals surface area contributed by atoms with Gasteiger partial charge in [-0.1, -0.05) is 12.7 Å². The normalized spacial score (nSPS) is 11.4. The molecular weight excluding hydrogens is 252 g/mol. The Bertz CT molecular complexity index is 523. The molecule has 1 rings (SSSR count). The van der Waals surface area contributed by atoms with Crippen molar-refractivity contribution >= 4 is 12.1 Å². The number of aliphatic carboxylic acids is 1. The molecule has 1 unspecified atom stereocenters. The zero-order valence-electron chi connectivity index (χ0n) is 10.1. The number of amides is 1. The molecule has 0 saturated heterocycles. The molecule has 0 aromatic carbocycles. The van der Waals surface area contributed by atoms with E-state index in [0.29, 0.717) is 5.56 Å². The van der Waals surface area contributed by atoms with Gasteiger partial charge in [0.25, 0.3) is 0 Å². The Morgan fingerprint density at radius 2 is 2.32 bits per heavy atom. The molecule has 0 spiro atoms. The van der Waals surface area contributed by atoms with Gasteiger partial charge in [-0.05, 0) is 11.6 Å². The van der Waals surface area contributed by atoms with E-state index in [2.05, 4.69) is 21.6 Å². The number of hydrogen-bond acceptors (Lipinski definition) is 4. The summed E-state index contributed by atoms with van der Waals surface area (Å²) in [6.45, 7) is 3.35. The van der Waals surface area contributed by atoms with Crippen LogP contribution in [0.1, 0.15) is 5.56 Å². The third-order valence-electron chi connectivity index (χ3n) is 2.20. The number of carboxylic acid groups (broad SMARTS) is 1. The summed E-state index contributed by atoms with van der Waals surface area (Å²) in [7, 11) is 0. The van der Waals surface area contributed by atoms with E-state index >= 15 is 0 Å². The molecule has 7 nitrogen and oxygen atoms in total. The SMILES string of the molecule is C=CCOC(=O)NC(Cc1cc[nH]c(=O)c1)C(=O)O. The molecule has 0 aliphatic carbocycles. The number of ether oxygens (including phenoxy) is 1. The van der Waals surface area contributed by atoms with Gasteiger partial charge in [-0.2, -0.15) is 0 Å². The van der Waals surface area contributed by atoms with Crippen molar-refractivity contribution in [3.8, 4) is 0 Å². The van der Waals surface area contributed by atoms with Gasteiger partial charge in [-0.25, -0.2) is 9.59 Å². The summed E-state index contributed by atoms with van der Waals surface area (Å²) < 4.78 is 4.63. The van der Waals surface area contributed by atoms with Gasteiger partial charge in [0.2, 0.25) is 5.56 Å². The fourth-order valence-electron chi connectivity index (χ4n) is 1.37. The highest BCUT2D eigenvalue weighted by Crippen LogP contribution is 2.01. The van der Waals surface area contributed by atoms with E-state index in [9.17, 15) is 14.4 Å². The van der Waals surface area contributed by atoms with Crippen LogP contribution in [-0.2, 0) is 16.0 Å². The number of carboxylic acids is 1. The molecule has 0 aliphatic rings. The quantitative estimate of drug-likeness (QED) is 0.641. The van der Waals surface area contributed by atoms with Crippen LogP contribution >= 0.6 is 0 Å². The molecule has 3 N–H and O–H groups in total. The van der Waals surface area contributed by atoms with Crippen molar-refractivity contribution in [3.63, 3.8) is 0 Å². The lowest BCUT2D eigenvalue weighted by atomic mass is 10.1. The van der Waals surface area contributed by atoms with Crippen molar-refractivity contribution in [2.75, 3.05) is 6.61 Å². The second-order valence-corrected chi connectivity index (χ2v) is 3.69. The van der Waals surface area contributed by atoms with Crippen LogP contribution in [0.15, 0.2) is 35.8 Å². The highest BCUT2D eigenvalue weighted by Gasteiger charge is 2.21. The number of carbonyl (C=O) groups is 2. The fraction of sp³-hybridized carbons (Fsp3) is 0.250. The third-order valence-corrected chi connectivity index (χ3v) is 2.20. The zero-order valence-corrected chi connectivity index (χ0v) is 10.1. The Balaban J connectivity index is 2.68. The average molecular weight is 266 g/mol. The molecule has 0 saturated carbocycles. The Morgan fingerprint density at radius 3 is 2.89 bits per heavy atom. The molecule has 0 bridgehead atoms. The monoisotopic (exact) mass is 266 g/mol. The Morgan fingerprint density at radius 1 is 1.58 bits per heavy atom. The summed E-state index contributed by atoms with van der Waals surface area (Å²) in [5.41, 5.74) is 0.163. The van der Waals surface area contributed by atoms with Gasteiger partial charge >= 0.3 is 12.1 Å². The first-order valence-corrected chi connectivity index (χ1v) is 5.47. The first-order valence-electron chi connectivity index (χ1n) is 5.47. The van der Waals surface area contributed by atoms with Gasteiger partial charge in [0.05, 0.1) is 0 Å². The predicted octanol–water partition coefficient (Wildman–Crippen LogP) is 0.283. The number of hydrogen-bond donors (Lipinski definition) is 3. The highest BCUT2D eigenvalue weighted by atomic mass is 16.5. The lowest BCUT2D eigenvalue weighted by molar-refractivity contribution is -0.139. The second kappa shape index (κ2) is 7.00. The highest BCUT2D eigenvalue weighted by molar-refractivity contribution is 5.80. The lowest BCUT2D eigenvalue weighted by Gasteiger charge is -2.13. The standard InChI is InChI=1S/C12H14N2O5/c1-2-5-19-12(18)14-9(11(16)17)6-8-3-4-13-10(15)7-8/h2-4,7,9H,1,5-6H2,(H,13,15)(H,14,18)(H,16,17). The lowest BCUT2D eigenvalue weighted by Crippen LogP contribution is -2.42. The number of H-pyrrole nitrogens is 1. The van der Waals surface area contributed by atoms with Crippen LogP contribution in [0.2, 0.25) is 0 Å². The number of aromatic nitrogens is 1. The summed E-state index contributed by atoms with van der Waals surface area (Å²) in [5.74, 6) is -1.21. The van der Waals surface area contributed by atoms with Crippen LogP contribution in [0.25, 0.3) is 0 Å². The van der Waals surface area contributed by atoms with E-state index < -0.39 is 18.1 Å². The molecule has 0 radical (unpaired) electrons. The summed E-state index contributed by atoms with van der Waals surface area (Å²) >= 11 is 0. The van der Waals surface area contributed by atoms with E-state index in [0.717, 1.165) is 0 Å². The fourth-order valence-corrected chi connectivity index (χ4v) is 1.37. The van der Waals surface area contributed by atoms with E-state index in [1.807, 2.05) is 0 Å². The average Bonchev–Trinajstić information content (AvgIpc) is 2.35. The summed E-state index contributed by atoms with van der Waals surface area (Å²) in [6.07, 6.45) is 1.92. The van der Waals surface area contributed by atoms with Crippen molar-refractivity contribution in [1.29, 1.82) is 0 Å². The maximum Gasteiger partial charge on any atom is 0.408 e. The maximum atomic E-state index is 11.3. The molecule has 19 heavy (non-hydrogen) atoms. The molecule has 1 aromatic heterocycles. The van der Waals surface area contributed by atoms with Gasteiger partial charge in [-0.3, -0.25) is 4.79 Å². The van der Waals surface area contributed by atoms with Crippen LogP contribution in [0.3, 0.4) is 0 Å². The first kappa shape index (κ1) is 14.5. The largest absolute Gasteiger partial charge is 0.480 e. The molecule has 0 aliphatic heterocycles. The maximum absolute atomic E-state index is 11.3.